The van der Waals surface area contributed by atoms with E-state index in [1.54, 1.807) is 0 Å². The summed E-state index contributed by atoms with van der Waals surface area (Å²) in [6.45, 7) is 1.25. The van der Waals surface area contributed by atoms with Gasteiger partial charge in [0.05, 0.1) is 5.92 Å². The lowest BCUT2D eigenvalue weighted by Gasteiger charge is -2.36. The van der Waals surface area contributed by atoms with Crippen molar-refractivity contribution in [3.05, 3.63) is 29.8 Å². The lowest BCUT2D eigenvalue weighted by molar-refractivity contribution is -0.140. The van der Waals surface area contributed by atoms with E-state index in [9.17, 15) is 9.59 Å². The van der Waals surface area contributed by atoms with Gasteiger partial charge in [-0.15, -0.1) is 0 Å². The second-order valence-electron chi connectivity index (χ2n) is 7.82. The van der Waals surface area contributed by atoms with Crippen molar-refractivity contribution in [3.63, 3.8) is 0 Å². The summed E-state index contributed by atoms with van der Waals surface area (Å²) >= 11 is 0. The van der Waals surface area contributed by atoms with Crippen molar-refractivity contribution in [3.8, 4) is 0 Å². The Balaban J connectivity index is 1.46. The molecule has 1 atom stereocenters. The van der Waals surface area contributed by atoms with Gasteiger partial charge in [0.25, 0.3) is 0 Å². The van der Waals surface area contributed by atoms with E-state index in [1.807, 2.05) is 19.0 Å². The SMILES string of the molecule is CN(C)c1ccc(CCNC(=O)C2CCC(=O)N(C3CCCC3)C2)cc1. The van der Waals surface area contributed by atoms with Gasteiger partial charge in [-0.25, -0.2) is 0 Å². The molecule has 1 aromatic rings. The Morgan fingerprint density at radius 3 is 2.50 bits per heavy atom. The zero-order chi connectivity index (χ0) is 18.5. The van der Waals surface area contributed by atoms with Gasteiger partial charge in [0, 0.05) is 45.3 Å². The summed E-state index contributed by atoms with van der Waals surface area (Å²) in [6, 6.07) is 8.80. The maximum Gasteiger partial charge on any atom is 0.224 e. The Hall–Kier alpha value is -2.04. The molecule has 1 saturated carbocycles. The van der Waals surface area contributed by atoms with Crippen molar-refractivity contribution in [1.29, 1.82) is 0 Å². The van der Waals surface area contributed by atoms with Gasteiger partial charge in [0.1, 0.15) is 0 Å². The number of amides is 2. The normalized spacial score (nSPS) is 21.1. The highest BCUT2D eigenvalue weighted by atomic mass is 16.2. The second kappa shape index (κ2) is 8.56. The van der Waals surface area contributed by atoms with Crippen molar-refractivity contribution in [1.82, 2.24) is 10.2 Å². The van der Waals surface area contributed by atoms with E-state index >= 15 is 0 Å². The Labute approximate surface area is 156 Å². The second-order valence-corrected chi connectivity index (χ2v) is 7.82. The average Bonchev–Trinajstić information content (AvgIpc) is 3.17. The maximum atomic E-state index is 12.5. The van der Waals surface area contributed by atoms with E-state index in [2.05, 4.69) is 34.5 Å². The minimum absolute atomic E-state index is 0.0515. The number of carbonyl (C=O) groups is 2. The summed E-state index contributed by atoms with van der Waals surface area (Å²) in [5.74, 6) is 0.289. The van der Waals surface area contributed by atoms with Crippen LogP contribution in [0.25, 0.3) is 0 Å². The molecule has 2 amide bonds. The average molecular weight is 357 g/mol. The molecule has 0 bridgehead atoms. The van der Waals surface area contributed by atoms with Crippen molar-refractivity contribution >= 4 is 17.5 Å². The van der Waals surface area contributed by atoms with Gasteiger partial charge in [-0.05, 0) is 43.4 Å². The summed E-state index contributed by atoms with van der Waals surface area (Å²) in [6.07, 6.45) is 6.64. The molecular formula is C21H31N3O2. The molecule has 0 spiro atoms. The van der Waals surface area contributed by atoms with Gasteiger partial charge in [-0.2, -0.15) is 0 Å². The number of benzene rings is 1. The third-order valence-corrected chi connectivity index (χ3v) is 5.75. The minimum atomic E-state index is -0.0515. The monoisotopic (exact) mass is 357 g/mol. The fourth-order valence-corrected chi connectivity index (χ4v) is 4.09. The van der Waals surface area contributed by atoms with E-state index < -0.39 is 0 Å². The number of hydrogen-bond donors (Lipinski definition) is 1. The number of carbonyl (C=O) groups excluding carboxylic acids is 2. The number of nitrogens with zero attached hydrogens (tertiary/aromatic N) is 2. The van der Waals surface area contributed by atoms with Gasteiger partial charge < -0.3 is 15.1 Å². The quantitative estimate of drug-likeness (QED) is 0.851. The molecule has 2 fully saturated rings. The molecular weight excluding hydrogens is 326 g/mol. The van der Waals surface area contributed by atoms with Crippen LogP contribution in [0.3, 0.4) is 0 Å². The minimum Gasteiger partial charge on any atom is -0.378 e. The molecule has 1 unspecified atom stereocenters. The number of likely N-dealkylation sites (tertiary alicyclic amines) is 1. The first kappa shape index (κ1) is 18.7. The van der Waals surface area contributed by atoms with Crippen LogP contribution in [-0.4, -0.2) is 49.9 Å². The molecule has 5 nitrogen and oxygen atoms in total. The summed E-state index contributed by atoms with van der Waals surface area (Å²) < 4.78 is 0. The summed E-state index contributed by atoms with van der Waals surface area (Å²) in [5, 5.41) is 3.08. The zero-order valence-corrected chi connectivity index (χ0v) is 16.0. The number of nitrogens with one attached hydrogen (secondary N) is 1. The van der Waals surface area contributed by atoms with Crippen LogP contribution in [0.5, 0.6) is 0 Å². The lowest BCUT2D eigenvalue weighted by atomic mass is 9.95. The summed E-state index contributed by atoms with van der Waals surface area (Å²) in [7, 11) is 4.05. The molecule has 0 radical (unpaired) electrons. The molecule has 1 aromatic carbocycles. The Morgan fingerprint density at radius 1 is 1.15 bits per heavy atom. The highest BCUT2D eigenvalue weighted by Gasteiger charge is 2.34. The molecule has 26 heavy (non-hydrogen) atoms. The first-order chi connectivity index (χ1) is 12.5. The highest BCUT2D eigenvalue weighted by Crippen LogP contribution is 2.28. The third-order valence-electron chi connectivity index (χ3n) is 5.75. The molecule has 1 aliphatic heterocycles. The predicted octanol–water partition coefficient (Wildman–Crippen LogP) is 2.59. The molecule has 2 aliphatic rings. The van der Waals surface area contributed by atoms with E-state index in [1.165, 1.54) is 24.1 Å². The van der Waals surface area contributed by atoms with Crippen LogP contribution >= 0.6 is 0 Å². The molecule has 1 N–H and O–H groups in total. The van der Waals surface area contributed by atoms with Crippen molar-refractivity contribution < 1.29 is 9.59 Å². The van der Waals surface area contributed by atoms with Crippen molar-refractivity contribution in [2.75, 3.05) is 32.1 Å². The number of piperidine rings is 1. The topological polar surface area (TPSA) is 52.7 Å². The number of rotatable bonds is 6. The van der Waals surface area contributed by atoms with Crippen molar-refractivity contribution in [2.45, 2.75) is 51.0 Å². The van der Waals surface area contributed by atoms with Crippen LogP contribution in [0.15, 0.2) is 24.3 Å². The largest absolute Gasteiger partial charge is 0.378 e. The molecule has 1 heterocycles. The molecule has 3 rings (SSSR count). The molecule has 142 valence electrons. The van der Waals surface area contributed by atoms with Crippen LogP contribution in [0, 0.1) is 5.92 Å². The van der Waals surface area contributed by atoms with Crippen LogP contribution in [0.4, 0.5) is 5.69 Å². The third kappa shape index (κ3) is 4.57. The smallest absolute Gasteiger partial charge is 0.224 e. The predicted molar refractivity (Wildman–Crippen MR) is 104 cm³/mol. The van der Waals surface area contributed by atoms with Crippen LogP contribution < -0.4 is 10.2 Å². The highest BCUT2D eigenvalue weighted by molar-refractivity contribution is 5.84. The standard InChI is InChI=1S/C21H31N3O2/c1-23(2)18-10-7-16(8-11-18)13-14-22-21(26)17-9-12-20(25)24(15-17)19-5-3-4-6-19/h7-8,10-11,17,19H,3-6,9,12-15H2,1-2H3,(H,22,26). The van der Waals surface area contributed by atoms with Gasteiger partial charge in [0.2, 0.25) is 11.8 Å². The molecule has 5 heteroatoms. The number of anilines is 1. The van der Waals surface area contributed by atoms with Crippen molar-refractivity contribution in [2.24, 2.45) is 5.92 Å². The van der Waals surface area contributed by atoms with Crippen LogP contribution in [0.2, 0.25) is 0 Å². The van der Waals surface area contributed by atoms with Gasteiger partial charge in [-0.3, -0.25) is 9.59 Å². The first-order valence-corrected chi connectivity index (χ1v) is 9.88. The Bertz CT molecular complexity index is 621. The molecule has 1 saturated heterocycles. The van der Waals surface area contributed by atoms with E-state index in [-0.39, 0.29) is 17.7 Å². The lowest BCUT2D eigenvalue weighted by Crippen LogP contribution is -2.49. The summed E-state index contributed by atoms with van der Waals surface area (Å²) in [5.41, 5.74) is 2.40. The first-order valence-electron chi connectivity index (χ1n) is 9.88. The van der Waals surface area contributed by atoms with E-state index in [0.717, 1.165) is 19.3 Å². The Kier molecular flexibility index (Phi) is 6.17. The van der Waals surface area contributed by atoms with Gasteiger partial charge >= 0.3 is 0 Å². The van der Waals surface area contributed by atoms with Gasteiger partial charge in [0.15, 0.2) is 0 Å². The van der Waals surface area contributed by atoms with Gasteiger partial charge in [-0.1, -0.05) is 25.0 Å². The van der Waals surface area contributed by atoms with Crippen LogP contribution in [-0.2, 0) is 16.0 Å². The maximum absolute atomic E-state index is 12.5. The molecule has 1 aliphatic carbocycles. The summed E-state index contributed by atoms with van der Waals surface area (Å²) in [4.78, 5) is 28.8. The number of hydrogen-bond acceptors (Lipinski definition) is 3. The Morgan fingerprint density at radius 2 is 1.85 bits per heavy atom. The fraction of sp³-hybridized carbons (Fsp3) is 0.619. The molecule has 0 aromatic heterocycles. The zero-order valence-electron chi connectivity index (χ0n) is 16.0. The van der Waals surface area contributed by atoms with Crippen LogP contribution in [0.1, 0.15) is 44.1 Å². The van der Waals surface area contributed by atoms with E-state index in [4.69, 9.17) is 0 Å². The fourth-order valence-electron chi connectivity index (χ4n) is 4.09. The van der Waals surface area contributed by atoms with E-state index in [0.29, 0.717) is 32.0 Å².